The van der Waals surface area contributed by atoms with Crippen molar-refractivity contribution in [2.75, 3.05) is 25.3 Å². The van der Waals surface area contributed by atoms with Crippen molar-refractivity contribution in [2.45, 2.75) is 18.3 Å². The van der Waals surface area contributed by atoms with Crippen LogP contribution >= 0.6 is 23.1 Å². The standard InChI is InChI=1S/C27H26N4O5S2/c1-4-14-31-22(15-36-20-12-10-19(34-2)11-13-20)29-30-27(31)38-17-23(32)28-25-24(26(33)35-3)21(16-37-25)18-8-6-5-7-9-18/h4-13,16H,1,14-15,17H2,2-3H3,(H,28,32). The molecule has 2 heterocycles. The third-order valence-corrected chi connectivity index (χ3v) is 7.25. The number of benzene rings is 2. The highest BCUT2D eigenvalue weighted by molar-refractivity contribution is 7.99. The SMILES string of the molecule is C=CCn1c(COc2ccc(OC)cc2)nnc1SCC(=O)Nc1scc(-c2ccccc2)c1C(=O)OC. The molecule has 0 spiro atoms. The van der Waals surface area contributed by atoms with E-state index in [1.54, 1.807) is 13.2 Å². The smallest absolute Gasteiger partial charge is 0.341 e. The third-order valence-electron chi connectivity index (χ3n) is 5.38. The fourth-order valence-electron chi connectivity index (χ4n) is 3.54. The summed E-state index contributed by atoms with van der Waals surface area (Å²) in [6.07, 6.45) is 1.73. The molecule has 0 bridgehead atoms. The summed E-state index contributed by atoms with van der Waals surface area (Å²) in [5.41, 5.74) is 1.90. The molecule has 9 nitrogen and oxygen atoms in total. The van der Waals surface area contributed by atoms with E-state index in [2.05, 4.69) is 22.1 Å². The van der Waals surface area contributed by atoms with Gasteiger partial charge in [0, 0.05) is 17.5 Å². The number of anilines is 1. The lowest BCUT2D eigenvalue weighted by atomic mass is 10.0. The van der Waals surface area contributed by atoms with Gasteiger partial charge in [0.25, 0.3) is 0 Å². The van der Waals surface area contributed by atoms with Crippen LogP contribution in [0.1, 0.15) is 16.2 Å². The number of amides is 1. The van der Waals surface area contributed by atoms with E-state index in [1.165, 1.54) is 30.2 Å². The van der Waals surface area contributed by atoms with Gasteiger partial charge in [0.1, 0.15) is 28.7 Å². The Bertz CT molecular complexity index is 1400. The van der Waals surface area contributed by atoms with Gasteiger partial charge in [-0.3, -0.25) is 9.36 Å². The molecule has 38 heavy (non-hydrogen) atoms. The molecule has 0 aliphatic heterocycles. The van der Waals surface area contributed by atoms with Crippen LogP contribution in [0.4, 0.5) is 5.00 Å². The number of hydrogen-bond acceptors (Lipinski definition) is 9. The Labute approximate surface area is 228 Å². The molecule has 1 N–H and O–H groups in total. The minimum absolute atomic E-state index is 0.0633. The number of hydrogen-bond donors (Lipinski definition) is 1. The van der Waals surface area contributed by atoms with Gasteiger partial charge in [0.15, 0.2) is 11.0 Å². The van der Waals surface area contributed by atoms with Gasteiger partial charge < -0.3 is 19.5 Å². The lowest BCUT2D eigenvalue weighted by Gasteiger charge is -2.10. The molecule has 0 fully saturated rings. The van der Waals surface area contributed by atoms with Gasteiger partial charge >= 0.3 is 5.97 Å². The van der Waals surface area contributed by atoms with Crippen molar-refractivity contribution in [1.29, 1.82) is 0 Å². The lowest BCUT2D eigenvalue weighted by Crippen LogP contribution is -2.16. The van der Waals surface area contributed by atoms with Crippen LogP contribution in [0.5, 0.6) is 11.5 Å². The first-order valence-corrected chi connectivity index (χ1v) is 13.4. The fraction of sp³-hybridized carbons (Fsp3) is 0.185. The predicted octanol–water partition coefficient (Wildman–Crippen LogP) is 5.30. The first kappa shape index (κ1) is 27.0. The van der Waals surface area contributed by atoms with E-state index in [9.17, 15) is 9.59 Å². The summed E-state index contributed by atoms with van der Waals surface area (Å²) < 4.78 is 17.8. The number of ether oxygens (including phenoxy) is 3. The number of rotatable bonds is 12. The summed E-state index contributed by atoms with van der Waals surface area (Å²) in [5.74, 6) is 1.27. The largest absolute Gasteiger partial charge is 0.497 e. The van der Waals surface area contributed by atoms with Crippen molar-refractivity contribution in [3.05, 3.63) is 84.0 Å². The van der Waals surface area contributed by atoms with Gasteiger partial charge in [-0.2, -0.15) is 0 Å². The molecule has 0 aliphatic rings. The Balaban J connectivity index is 1.42. The Morgan fingerprint density at radius 2 is 1.82 bits per heavy atom. The van der Waals surface area contributed by atoms with Crippen molar-refractivity contribution < 1.29 is 23.8 Å². The highest BCUT2D eigenvalue weighted by Crippen LogP contribution is 2.36. The zero-order valence-corrected chi connectivity index (χ0v) is 22.5. The van der Waals surface area contributed by atoms with Crippen molar-refractivity contribution in [3.8, 4) is 22.6 Å². The normalized spacial score (nSPS) is 10.6. The van der Waals surface area contributed by atoms with Crippen LogP contribution in [0.3, 0.4) is 0 Å². The highest BCUT2D eigenvalue weighted by atomic mass is 32.2. The summed E-state index contributed by atoms with van der Waals surface area (Å²) in [6, 6.07) is 16.7. The Kier molecular flexibility index (Phi) is 9.17. The van der Waals surface area contributed by atoms with Crippen LogP contribution in [0.2, 0.25) is 0 Å². The van der Waals surface area contributed by atoms with Crippen molar-refractivity contribution in [1.82, 2.24) is 14.8 Å². The first-order valence-electron chi connectivity index (χ1n) is 11.5. The van der Waals surface area contributed by atoms with E-state index >= 15 is 0 Å². The van der Waals surface area contributed by atoms with Crippen molar-refractivity contribution in [3.63, 3.8) is 0 Å². The van der Waals surface area contributed by atoms with Crippen LogP contribution in [-0.2, 0) is 22.7 Å². The molecule has 2 aromatic carbocycles. The second kappa shape index (κ2) is 12.9. The second-order valence-electron chi connectivity index (χ2n) is 7.81. The third kappa shape index (κ3) is 6.42. The zero-order valence-electron chi connectivity index (χ0n) is 20.9. The average molecular weight is 551 g/mol. The fourth-order valence-corrected chi connectivity index (χ4v) is 5.28. The van der Waals surface area contributed by atoms with E-state index in [4.69, 9.17) is 14.2 Å². The molecule has 0 unspecified atom stereocenters. The maximum absolute atomic E-state index is 12.8. The maximum Gasteiger partial charge on any atom is 0.341 e. The van der Waals surface area contributed by atoms with Crippen molar-refractivity contribution in [2.24, 2.45) is 0 Å². The lowest BCUT2D eigenvalue weighted by molar-refractivity contribution is -0.113. The summed E-state index contributed by atoms with van der Waals surface area (Å²) in [4.78, 5) is 25.4. The Hall–Kier alpha value is -4.09. The van der Waals surface area contributed by atoms with Crippen LogP contribution in [-0.4, -0.2) is 46.6 Å². The van der Waals surface area contributed by atoms with E-state index in [1.807, 2.05) is 64.5 Å². The number of methoxy groups -OCH3 is 2. The van der Waals surface area contributed by atoms with Crippen LogP contribution < -0.4 is 14.8 Å². The van der Waals surface area contributed by atoms with Gasteiger partial charge in [0.2, 0.25) is 5.91 Å². The summed E-state index contributed by atoms with van der Waals surface area (Å²) in [7, 11) is 2.92. The zero-order chi connectivity index (χ0) is 26.9. The summed E-state index contributed by atoms with van der Waals surface area (Å²) in [5, 5.41) is 14.1. The number of carbonyl (C=O) groups is 2. The Morgan fingerprint density at radius 3 is 2.50 bits per heavy atom. The molecule has 4 aromatic rings. The van der Waals surface area contributed by atoms with Gasteiger partial charge in [-0.05, 0) is 29.8 Å². The minimum Gasteiger partial charge on any atom is -0.497 e. The molecule has 0 saturated carbocycles. The van der Waals surface area contributed by atoms with Gasteiger partial charge in [-0.25, -0.2) is 4.79 Å². The number of nitrogens with zero attached hydrogens (tertiary/aromatic N) is 3. The van der Waals surface area contributed by atoms with Crippen LogP contribution in [0, 0.1) is 0 Å². The monoisotopic (exact) mass is 550 g/mol. The number of carbonyl (C=O) groups excluding carboxylic acids is 2. The number of thioether (sulfide) groups is 1. The number of esters is 1. The molecular weight excluding hydrogens is 524 g/mol. The Morgan fingerprint density at radius 1 is 1.08 bits per heavy atom. The number of aromatic nitrogens is 3. The van der Waals surface area contributed by atoms with E-state index in [0.29, 0.717) is 39.4 Å². The quantitative estimate of drug-likeness (QED) is 0.144. The molecular formula is C27H26N4O5S2. The topological polar surface area (TPSA) is 105 Å². The molecule has 0 atom stereocenters. The molecule has 196 valence electrons. The van der Waals surface area contributed by atoms with E-state index < -0.39 is 5.97 Å². The first-order chi connectivity index (χ1) is 18.5. The average Bonchev–Trinajstić information content (AvgIpc) is 3.55. The number of thiophene rings is 1. The van der Waals surface area contributed by atoms with Crippen molar-refractivity contribution >= 4 is 40.0 Å². The predicted molar refractivity (Wildman–Crippen MR) is 148 cm³/mol. The highest BCUT2D eigenvalue weighted by Gasteiger charge is 2.23. The summed E-state index contributed by atoms with van der Waals surface area (Å²) >= 11 is 2.50. The molecule has 1 amide bonds. The maximum atomic E-state index is 12.8. The van der Waals surface area contributed by atoms with E-state index in [-0.39, 0.29) is 18.3 Å². The summed E-state index contributed by atoms with van der Waals surface area (Å²) in [6.45, 7) is 4.45. The van der Waals surface area contributed by atoms with Gasteiger partial charge in [-0.15, -0.1) is 28.1 Å². The molecule has 4 rings (SSSR count). The number of nitrogens with one attached hydrogen (secondary N) is 1. The number of allylic oxidation sites excluding steroid dienone is 1. The molecule has 11 heteroatoms. The van der Waals surface area contributed by atoms with Gasteiger partial charge in [0.05, 0.1) is 20.0 Å². The molecule has 0 aliphatic carbocycles. The van der Waals surface area contributed by atoms with Crippen LogP contribution in [0.15, 0.2) is 77.8 Å². The molecule has 0 saturated heterocycles. The van der Waals surface area contributed by atoms with Crippen LogP contribution in [0.25, 0.3) is 11.1 Å². The molecule has 0 radical (unpaired) electrons. The van der Waals surface area contributed by atoms with E-state index in [0.717, 1.165) is 11.3 Å². The molecule has 2 aromatic heterocycles. The second-order valence-corrected chi connectivity index (χ2v) is 9.63. The van der Waals surface area contributed by atoms with Gasteiger partial charge in [-0.1, -0.05) is 48.2 Å². The minimum atomic E-state index is -0.514.